The third-order valence-corrected chi connectivity index (χ3v) is 5.34. The highest BCUT2D eigenvalue weighted by Crippen LogP contribution is 2.29. The fourth-order valence-electron chi connectivity index (χ4n) is 2.69. The smallest absolute Gasteiger partial charge is 0.325 e. The van der Waals surface area contributed by atoms with Gasteiger partial charge < -0.3 is 10.1 Å². The van der Waals surface area contributed by atoms with E-state index in [0.29, 0.717) is 0 Å². The molecule has 0 aromatic carbocycles. The first-order chi connectivity index (χ1) is 9.94. The zero-order valence-corrected chi connectivity index (χ0v) is 12.3. The molecule has 0 saturated heterocycles. The molecule has 0 radical (unpaired) electrons. The topological polar surface area (TPSA) is 132 Å². The number of hydrogen-bond acceptors (Lipinski definition) is 5. The first kappa shape index (κ1) is 15.9. The highest BCUT2D eigenvalue weighted by molar-refractivity contribution is 7.89. The van der Waals surface area contributed by atoms with Crippen molar-refractivity contribution in [1.29, 1.82) is 0 Å². The number of aliphatic hydroxyl groups excluding tert-OH is 1. The number of aromatic amines is 2. The molecule has 1 aromatic rings. The zero-order valence-electron chi connectivity index (χ0n) is 11.5. The monoisotopic (exact) mass is 317 g/mol. The van der Waals surface area contributed by atoms with E-state index in [1.165, 1.54) is 0 Å². The molecule has 2 rings (SSSR count). The Balaban J connectivity index is 2.10. The first-order valence-corrected chi connectivity index (χ1v) is 8.35. The molecule has 1 aromatic heterocycles. The van der Waals surface area contributed by atoms with Crippen LogP contribution in [-0.4, -0.2) is 36.6 Å². The van der Waals surface area contributed by atoms with Crippen molar-refractivity contribution in [2.75, 3.05) is 13.2 Å². The highest BCUT2D eigenvalue weighted by atomic mass is 32.2. The van der Waals surface area contributed by atoms with Crippen LogP contribution in [0, 0.1) is 11.8 Å². The molecule has 1 aliphatic carbocycles. The molecule has 4 N–H and O–H groups in total. The molecule has 1 heterocycles. The van der Waals surface area contributed by atoms with Crippen molar-refractivity contribution in [1.82, 2.24) is 14.7 Å². The van der Waals surface area contributed by atoms with Gasteiger partial charge in [-0.3, -0.25) is 9.78 Å². The van der Waals surface area contributed by atoms with E-state index in [2.05, 4.69) is 9.71 Å². The summed E-state index contributed by atoms with van der Waals surface area (Å²) in [6.07, 6.45) is 4.64. The minimum absolute atomic E-state index is 0.0334. The molecule has 0 amide bonds. The Kier molecular flexibility index (Phi) is 4.96. The van der Waals surface area contributed by atoms with Crippen LogP contribution in [0.1, 0.15) is 25.7 Å². The van der Waals surface area contributed by atoms with E-state index in [-0.39, 0.29) is 25.0 Å². The second-order valence-electron chi connectivity index (χ2n) is 5.28. The fourth-order valence-corrected chi connectivity index (χ4v) is 3.78. The van der Waals surface area contributed by atoms with Crippen LogP contribution in [0.3, 0.4) is 0 Å². The van der Waals surface area contributed by atoms with E-state index >= 15 is 0 Å². The minimum Gasteiger partial charge on any atom is -0.396 e. The van der Waals surface area contributed by atoms with Crippen LogP contribution in [0.4, 0.5) is 0 Å². The molecule has 0 aliphatic heterocycles. The van der Waals surface area contributed by atoms with Gasteiger partial charge in [0.15, 0.2) is 4.90 Å². The molecule has 21 heavy (non-hydrogen) atoms. The lowest BCUT2D eigenvalue weighted by Crippen LogP contribution is -2.38. The van der Waals surface area contributed by atoms with E-state index in [0.717, 1.165) is 31.9 Å². The maximum absolute atomic E-state index is 12.1. The Bertz CT molecular complexity index is 693. The van der Waals surface area contributed by atoms with Gasteiger partial charge in [-0.1, -0.05) is 12.8 Å². The van der Waals surface area contributed by atoms with Gasteiger partial charge in [-0.15, -0.1) is 0 Å². The van der Waals surface area contributed by atoms with Crippen LogP contribution in [0.15, 0.2) is 20.7 Å². The Morgan fingerprint density at radius 3 is 2.52 bits per heavy atom. The molecule has 1 aliphatic rings. The predicted octanol–water partition coefficient (Wildman–Crippen LogP) is -0.860. The van der Waals surface area contributed by atoms with Crippen molar-refractivity contribution in [2.24, 2.45) is 11.8 Å². The molecule has 8 nitrogen and oxygen atoms in total. The highest BCUT2D eigenvalue weighted by Gasteiger charge is 2.27. The van der Waals surface area contributed by atoms with E-state index < -0.39 is 26.2 Å². The lowest BCUT2D eigenvalue weighted by atomic mass is 9.80. The molecule has 0 spiro atoms. The zero-order chi connectivity index (χ0) is 15.5. The number of rotatable bonds is 5. The lowest BCUT2D eigenvalue weighted by molar-refractivity contribution is 0.136. The van der Waals surface area contributed by atoms with Crippen molar-refractivity contribution in [3.63, 3.8) is 0 Å². The van der Waals surface area contributed by atoms with Crippen molar-refractivity contribution in [3.05, 3.63) is 27.0 Å². The van der Waals surface area contributed by atoms with Crippen LogP contribution >= 0.6 is 0 Å². The summed E-state index contributed by atoms with van der Waals surface area (Å²) in [6.45, 7) is 0.206. The third kappa shape index (κ3) is 3.80. The molecule has 2 atom stereocenters. The number of H-pyrrole nitrogens is 2. The molecule has 118 valence electrons. The summed E-state index contributed by atoms with van der Waals surface area (Å²) in [5.74, 6) is 0.135. The maximum Gasteiger partial charge on any atom is 0.325 e. The van der Waals surface area contributed by atoms with E-state index in [4.69, 9.17) is 0 Å². The van der Waals surface area contributed by atoms with E-state index in [1.54, 1.807) is 0 Å². The summed E-state index contributed by atoms with van der Waals surface area (Å²) < 4.78 is 26.6. The maximum atomic E-state index is 12.1. The number of aliphatic hydroxyl groups is 1. The van der Waals surface area contributed by atoms with Gasteiger partial charge in [0.1, 0.15) is 0 Å². The van der Waals surface area contributed by atoms with Crippen LogP contribution in [0.2, 0.25) is 0 Å². The Morgan fingerprint density at radius 2 is 1.90 bits per heavy atom. The van der Waals surface area contributed by atoms with Gasteiger partial charge in [-0.05, 0) is 24.7 Å². The largest absolute Gasteiger partial charge is 0.396 e. The normalized spacial score (nSPS) is 23.1. The Labute approximate surface area is 121 Å². The predicted molar refractivity (Wildman–Crippen MR) is 75.4 cm³/mol. The van der Waals surface area contributed by atoms with Crippen LogP contribution in [0.25, 0.3) is 0 Å². The number of sulfonamides is 1. The van der Waals surface area contributed by atoms with Gasteiger partial charge in [0.05, 0.1) is 0 Å². The van der Waals surface area contributed by atoms with Crippen molar-refractivity contribution >= 4 is 10.0 Å². The van der Waals surface area contributed by atoms with Gasteiger partial charge in [0, 0.05) is 19.3 Å². The summed E-state index contributed by atoms with van der Waals surface area (Å²) in [7, 11) is -3.98. The molecule has 2 unspecified atom stereocenters. The van der Waals surface area contributed by atoms with Gasteiger partial charge in [0.2, 0.25) is 10.0 Å². The summed E-state index contributed by atoms with van der Waals surface area (Å²) >= 11 is 0. The Hall–Kier alpha value is -1.45. The van der Waals surface area contributed by atoms with Gasteiger partial charge >= 0.3 is 5.69 Å². The van der Waals surface area contributed by atoms with Crippen molar-refractivity contribution < 1.29 is 13.5 Å². The van der Waals surface area contributed by atoms with Gasteiger partial charge in [0.25, 0.3) is 5.56 Å². The first-order valence-electron chi connectivity index (χ1n) is 6.86. The summed E-state index contributed by atoms with van der Waals surface area (Å²) in [4.78, 5) is 25.9. The summed E-state index contributed by atoms with van der Waals surface area (Å²) in [5.41, 5.74) is -1.71. The van der Waals surface area contributed by atoms with Crippen molar-refractivity contribution in [2.45, 2.75) is 30.6 Å². The van der Waals surface area contributed by atoms with E-state index in [9.17, 15) is 23.1 Å². The fraction of sp³-hybridized carbons (Fsp3) is 0.667. The van der Waals surface area contributed by atoms with E-state index in [1.807, 2.05) is 4.98 Å². The molecular formula is C12H19N3O5S. The number of aromatic nitrogens is 2. The van der Waals surface area contributed by atoms with Crippen molar-refractivity contribution in [3.8, 4) is 0 Å². The standard InChI is InChI=1S/C12H19N3O5S/c16-7-9-4-2-1-3-8(9)5-14-21(19,20)10-6-13-12(18)15-11(10)17/h6,8-9,14,16H,1-5,7H2,(H2,13,15,17,18). The van der Waals surface area contributed by atoms with Crippen LogP contribution in [-0.2, 0) is 10.0 Å². The average molecular weight is 317 g/mol. The summed E-state index contributed by atoms with van der Waals surface area (Å²) in [5, 5.41) is 9.31. The number of nitrogens with one attached hydrogen (secondary N) is 3. The van der Waals surface area contributed by atoms with Crippen LogP contribution in [0.5, 0.6) is 0 Å². The number of hydrogen-bond donors (Lipinski definition) is 4. The molecule has 1 saturated carbocycles. The third-order valence-electron chi connectivity index (χ3n) is 3.91. The van der Waals surface area contributed by atoms with Gasteiger partial charge in [-0.2, -0.15) is 0 Å². The van der Waals surface area contributed by atoms with Crippen LogP contribution < -0.4 is 16.0 Å². The molecule has 0 bridgehead atoms. The molecule has 1 fully saturated rings. The Morgan fingerprint density at radius 1 is 1.24 bits per heavy atom. The second-order valence-corrected chi connectivity index (χ2v) is 7.01. The second kappa shape index (κ2) is 6.54. The lowest BCUT2D eigenvalue weighted by Gasteiger charge is -2.30. The minimum atomic E-state index is -3.98. The summed E-state index contributed by atoms with van der Waals surface area (Å²) in [6, 6.07) is 0. The average Bonchev–Trinajstić information content (AvgIpc) is 2.45. The SMILES string of the molecule is O=c1[nH]cc(S(=O)(=O)NCC2CCCCC2CO)c(=O)[nH]1. The quantitative estimate of drug-likeness (QED) is 0.561. The molecule has 9 heteroatoms. The van der Waals surface area contributed by atoms with Gasteiger partial charge in [-0.25, -0.2) is 17.9 Å². The molecular weight excluding hydrogens is 298 g/mol.